The Balaban J connectivity index is 2.49. The average Bonchev–Trinajstić information content (AvgIpc) is 2.67. The minimum Gasteiger partial charge on any atom is -0.504 e. The first-order valence-corrected chi connectivity index (χ1v) is 5.36. The van der Waals surface area contributed by atoms with Gasteiger partial charge in [0.2, 0.25) is 0 Å². The molecule has 1 aromatic carbocycles. The fourth-order valence-corrected chi connectivity index (χ4v) is 2.01. The molecule has 1 N–H and O–H groups in total. The Morgan fingerprint density at radius 2 is 2.14 bits per heavy atom. The van der Waals surface area contributed by atoms with E-state index in [1.165, 1.54) is 0 Å². The number of rotatable bonds is 1. The molecule has 0 unspecified atom stereocenters. The van der Waals surface area contributed by atoms with Gasteiger partial charge in [-0.2, -0.15) is 0 Å². The van der Waals surface area contributed by atoms with E-state index >= 15 is 0 Å². The summed E-state index contributed by atoms with van der Waals surface area (Å²) in [6, 6.07) is 3.38. The molecule has 0 spiro atoms. The van der Waals surface area contributed by atoms with Crippen LogP contribution in [0, 0.1) is 5.82 Å². The van der Waals surface area contributed by atoms with E-state index < -0.39 is 5.82 Å². The number of phenolic OH excluding ortho intramolecular Hbond substituents is 1. The van der Waals surface area contributed by atoms with Gasteiger partial charge in [0.05, 0.1) is 4.47 Å². The van der Waals surface area contributed by atoms with Crippen LogP contribution in [0.25, 0.3) is 5.57 Å². The van der Waals surface area contributed by atoms with Gasteiger partial charge in [0.15, 0.2) is 11.6 Å². The minimum atomic E-state index is -0.521. The van der Waals surface area contributed by atoms with Gasteiger partial charge in [-0.05, 0) is 46.8 Å². The molecule has 1 nitrogen and oxygen atoms in total. The number of aromatic hydroxyl groups is 1. The highest BCUT2D eigenvalue weighted by atomic mass is 79.9. The van der Waals surface area contributed by atoms with Crippen molar-refractivity contribution >= 4 is 21.5 Å². The highest BCUT2D eigenvalue weighted by molar-refractivity contribution is 9.10. The van der Waals surface area contributed by atoms with Gasteiger partial charge in [-0.1, -0.05) is 12.1 Å². The highest BCUT2D eigenvalue weighted by Crippen LogP contribution is 2.35. The van der Waals surface area contributed by atoms with E-state index in [4.69, 9.17) is 0 Å². The second kappa shape index (κ2) is 3.73. The molecule has 0 amide bonds. The van der Waals surface area contributed by atoms with Gasteiger partial charge >= 0.3 is 0 Å². The number of benzene rings is 1. The van der Waals surface area contributed by atoms with Gasteiger partial charge in [0.1, 0.15) is 0 Å². The van der Waals surface area contributed by atoms with E-state index in [9.17, 15) is 9.50 Å². The molecular formula is C11H10BrFO. The van der Waals surface area contributed by atoms with E-state index in [0.29, 0.717) is 10.0 Å². The van der Waals surface area contributed by atoms with Crippen LogP contribution >= 0.6 is 15.9 Å². The lowest BCUT2D eigenvalue weighted by atomic mass is 10.0. The topological polar surface area (TPSA) is 20.2 Å². The second-order valence-electron chi connectivity index (χ2n) is 3.38. The molecule has 1 aliphatic rings. The number of hydrogen-bond donors (Lipinski definition) is 1. The predicted molar refractivity (Wildman–Crippen MR) is 57.6 cm³/mol. The number of phenols is 1. The van der Waals surface area contributed by atoms with E-state index in [1.807, 2.05) is 6.08 Å². The van der Waals surface area contributed by atoms with Crippen molar-refractivity contribution in [1.29, 1.82) is 0 Å². The molecule has 0 heterocycles. The average molecular weight is 257 g/mol. The summed E-state index contributed by atoms with van der Waals surface area (Å²) in [5.41, 5.74) is 1.54. The van der Waals surface area contributed by atoms with Crippen molar-refractivity contribution in [2.75, 3.05) is 0 Å². The lowest BCUT2D eigenvalue weighted by Gasteiger charge is -2.06. The van der Waals surface area contributed by atoms with Crippen LogP contribution in [0.3, 0.4) is 0 Å². The zero-order valence-corrected chi connectivity index (χ0v) is 9.14. The van der Waals surface area contributed by atoms with Gasteiger partial charge in [-0.3, -0.25) is 0 Å². The van der Waals surface area contributed by atoms with Gasteiger partial charge in [0, 0.05) is 5.56 Å². The molecule has 0 aliphatic heterocycles. The molecule has 0 radical (unpaired) electrons. The number of halogens is 2. The smallest absolute Gasteiger partial charge is 0.173 e. The Labute approximate surface area is 90.4 Å². The normalized spacial score (nSPS) is 15.7. The van der Waals surface area contributed by atoms with Crippen LogP contribution in [0.15, 0.2) is 22.7 Å². The fourth-order valence-electron chi connectivity index (χ4n) is 1.70. The molecule has 0 fully saturated rings. The van der Waals surface area contributed by atoms with Crippen molar-refractivity contribution in [2.24, 2.45) is 0 Å². The summed E-state index contributed by atoms with van der Waals surface area (Å²) in [6.45, 7) is 0. The van der Waals surface area contributed by atoms with Gasteiger partial charge in [-0.25, -0.2) is 4.39 Å². The maximum Gasteiger partial charge on any atom is 0.173 e. The Morgan fingerprint density at radius 3 is 2.79 bits per heavy atom. The molecule has 0 atom stereocenters. The monoisotopic (exact) mass is 256 g/mol. The standard InChI is InChI=1S/C11H10BrFO/c12-9-6-5-8(10(13)11(9)14)7-3-1-2-4-7/h3,5-6,14H,1-2,4H2. The Bertz CT molecular complexity index is 399. The van der Waals surface area contributed by atoms with Crippen molar-refractivity contribution in [2.45, 2.75) is 19.3 Å². The first-order chi connectivity index (χ1) is 6.70. The van der Waals surface area contributed by atoms with Crippen LogP contribution in [0.2, 0.25) is 0 Å². The first kappa shape index (κ1) is 9.71. The van der Waals surface area contributed by atoms with Crippen LogP contribution in [-0.4, -0.2) is 5.11 Å². The minimum absolute atomic E-state index is 0.296. The zero-order valence-electron chi connectivity index (χ0n) is 7.56. The van der Waals surface area contributed by atoms with Gasteiger partial charge < -0.3 is 5.11 Å². The lowest BCUT2D eigenvalue weighted by Crippen LogP contribution is -1.89. The highest BCUT2D eigenvalue weighted by Gasteiger charge is 2.15. The van der Waals surface area contributed by atoms with Crippen molar-refractivity contribution in [3.8, 4) is 5.75 Å². The Morgan fingerprint density at radius 1 is 1.36 bits per heavy atom. The second-order valence-corrected chi connectivity index (χ2v) is 4.23. The molecule has 3 heteroatoms. The van der Waals surface area contributed by atoms with Crippen molar-refractivity contribution < 1.29 is 9.50 Å². The van der Waals surface area contributed by atoms with E-state index in [2.05, 4.69) is 15.9 Å². The lowest BCUT2D eigenvalue weighted by molar-refractivity contribution is 0.428. The molecular weight excluding hydrogens is 247 g/mol. The summed E-state index contributed by atoms with van der Waals surface area (Å²) in [5, 5.41) is 9.40. The van der Waals surface area contributed by atoms with Crippen molar-refractivity contribution in [3.05, 3.63) is 34.1 Å². The molecule has 1 aliphatic carbocycles. The largest absolute Gasteiger partial charge is 0.504 e. The number of allylic oxidation sites excluding steroid dienone is 2. The molecule has 0 aromatic heterocycles. The van der Waals surface area contributed by atoms with Crippen LogP contribution in [-0.2, 0) is 0 Å². The Hall–Kier alpha value is -0.830. The summed E-state index contributed by atoms with van der Waals surface area (Å²) in [5.74, 6) is -0.817. The molecule has 2 rings (SSSR count). The molecule has 0 bridgehead atoms. The quantitative estimate of drug-likeness (QED) is 0.809. The third-order valence-electron chi connectivity index (χ3n) is 2.45. The van der Waals surface area contributed by atoms with Crippen molar-refractivity contribution in [3.63, 3.8) is 0 Å². The van der Waals surface area contributed by atoms with Crippen molar-refractivity contribution in [1.82, 2.24) is 0 Å². The van der Waals surface area contributed by atoms with Crippen LogP contribution < -0.4 is 0 Å². The van der Waals surface area contributed by atoms with E-state index in [-0.39, 0.29) is 5.75 Å². The summed E-state index contributed by atoms with van der Waals surface area (Å²) in [4.78, 5) is 0. The third-order valence-corrected chi connectivity index (χ3v) is 3.09. The fraction of sp³-hybridized carbons (Fsp3) is 0.273. The molecule has 74 valence electrons. The molecule has 14 heavy (non-hydrogen) atoms. The van der Waals surface area contributed by atoms with Crippen LogP contribution in [0.4, 0.5) is 4.39 Å². The summed E-state index contributed by atoms with van der Waals surface area (Å²) in [6.07, 6.45) is 5.01. The number of hydrogen-bond acceptors (Lipinski definition) is 1. The SMILES string of the molecule is Oc1c(Br)ccc(C2=CCCC2)c1F. The van der Waals surface area contributed by atoms with Crippen LogP contribution in [0.5, 0.6) is 5.75 Å². The van der Waals surface area contributed by atoms with E-state index in [1.54, 1.807) is 12.1 Å². The van der Waals surface area contributed by atoms with E-state index in [0.717, 1.165) is 24.8 Å². The van der Waals surface area contributed by atoms with Gasteiger partial charge in [-0.15, -0.1) is 0 Å². The Kier molecular flexibility index (Phi) is 2.59. The summed E-state index contributed by atoms with van der Waals surface area (Å²) < 4.78 is 14.0. The molecule has 0 saturated carbocycles. The molecule has 1 aromatic rings. The van der Waals surface area contributed by atoms with Gasteiger partial charge in [0.25, 0.3) is 0 Å². The third kappa shape index (κ3) is 1.57. The first-order valence-electron chi connectivity index (χ1n) is 4.56. The predicted octanol–water partition coefficient (Wildman–Crippen LogP) is 3.86. The molecule has 0 saturated heterocycles. The maximum absolute atomic E-state index is 13.6. The van der Waals surface area contributed by atoms with Crippen LogP contribution in [0.1, 0.15) is 24.8 Å². The zero-order chi connectivity index (χ0) is 10.1. The summed E-state index contributed by atoms with van der Waals surface area (Å²) >= 11 is 3.08. The maximum atomic E-state index is 13.6. The summed E-state index contributed by atoms with van der Waals surface area (Å²) in [7, 11) is 0.